The lowest BCUT2D eigenvalue weighted by molar-refractivity contribution is 0.0440. The topological polar surface area (TPSA) is 44.9 Å². The third-order valence-electron chi connectivity index (χ3n) is 2.78. The highest BCUT2D eigenvalue weighted by molar-refractivity contribution is 7.71. The van der Waals surface area contributed by atoms with Crippen molar-refractivity contribution in [1.82, 2.24) is 19.8 Å². The molecule has 0 N–H and O–H groups in total. The minimum Gasteiger partial charge on any atom is -0.356 e. The molecule has 0 bridgehead atoms. The number of aromatic nitrogens is 4. The second-order valence-corrected chi connectivity index (χ2v) is 4.29. The molecule has 0 saturated carbocycles. The van der Waals surface area contributed by atoms with E-state index in [1.165, 1.54) is 0 Å². The lowest BCUT2D eigenvalue weighted by Crippen LogP contribution is -2.09. The van der Waals surface area contributed by atoms with Crippen LogP contribution < -0.4 is 0 Å². The number of ether oxygens (including phenoxy) is 1. The molecule has 0 amide bonds. The van der Waals surface area contributed by atoms with Gasteiger partial charge in [0.05, 0.1) is 5.69 Å². The number of tetrazole rings is 1. The van der Waals surface area contributed by atoms with Gasteiger partial charge in [0.15, 0.2) is 6.23 Å². The molecular formula is C11H12N4OS. The van der Waals surface area contributed by atoms with E-state index >= 15 is 0 Å². The van der Waals surface area contributed by atoms with E-state index < -0.39 is 0 Å². The van der Waals surface area contributed by atoms with E-state index in [9.17, 15) is 0 Å². The molecule has 3 rings (SSSR count). The fourth-order valence-electron chi connectivity index (χ4n) is 1.92. The molecular weight excluding hydrogens is 236 g/mol. The Bertz CT molecular complexity index is 556. The first-order chi connectivity index (χ1) is 8.36. The van der Waals surface area contributed by atoms with E-state index in [0.29, 0.717) is 4.77 Å². The molecule has 2 heterocycles. The van der Waals surface area contributed by atoms with E-state index in [2.05, 4.69) is 10.4 Å². The highest BCUT2D eigenvalue weighted by atomic mass is 32.1. The lowest BCUT2D eigenvalue weighted by atomic mass is 10.3. The van der Waals surface area contributed by atoms with Gasteiger partial charge in [-0.2, -0.15) is 9.36 Å². The molecule has 6 heteroatoms. The zero-order chi connectivity index (χ0) is 11.7. The van der Waals surface area contributed by atoms with Crippen LogP contribution in [0.1, 0.15) is 19.1 Å². The summed E-state index contributed by atoms with van der Waals surface area (Å²) in [5, 5.41) is 8.15. The Hall–Kier alpha value is -1.53. The molecule has 1 fully saturated rings. The van der Waals surface area contributed by atoms with Crippen molar-refractivity contribution in [2.75, 3.05) is 6.61 Å². The highest BCUT2D eigenvalue weighted by Crippen LogP contribution is 2.22. The Morgan fingerprint density at radius 2 is 2.06 bits per heavy atom. The Morgan fingerprint density at radius 1 is 1.24 bits per heavy atom. The van der Waals surface area contributed by atoms with Crippen LogP contribution in [0.2, 0.25) is 0 Å². The summed E-state index contributed by atoms with van der Waals surface area (Å²) >= 11 is 5.36. The quantitative estimate of drug-likeness (QED) is 0.764. The van der Waals surface area contributed by atoms with Crippen LogP contribution in [0.5, 0.6) is 0 Å². The molecule has 1 aliphatic rings. The van der Waals surface area contributed by atoms with Gasteiger partial charge in [0, 0.05) is 6.61 Å². The van der Waals surface area contributed by atoms with E-state index in [-0.39, 0.29) is 6.23 Å². The second kappa shape index (κ2) is 4.38. The molecule has 0 aliphatic carbocycles. The molecule has 1 aliphatic heterocycles. The standard InChI is InChI=1S/C11H12N4OS/c17-11-14(9-5-2-1-3-6-9)12-13-15(11)10-7-4-8-16-10/h1-3,5-6,10H,4,7-8H2. The van der Waals surface area contributed by atoms with Crippen molar-refractivity contribution in [2.24, 2.45) is 0 Å². The fourth-order valence-corrected chi connectivity index (χ4v) is 2.22. The maximum absolute atomic E-state index is 5.55. The fraction of sp³-hybridized carbons (Fsp3) is 0.364. The van der Waals surface area contributed by atoms with E-state index in [0.717, 1.165) is 25.1 Å². The van der Waals surface area contributed by atoms with Gasteiger partial charge in [0.1, 0.15) is 0 Å². The van der Waals surface area contributed by atoms with Gasteiger partial charge >= 0.3 is 0 Å². The monoisotopic (exact) mass is 248 g/mol. The summed E-state index contributed by atoms with van der Waals surface area (Å²) in [6, 6.07) is 9.75. The molecule has 0 spiro atoms. The minimum absolute atomic E-state index is 0.0556. The largest absolute Gasteiger partial charge is 0.356 e. The van der Waals surface area contributed by atoms with Gasteiger partial charge in [-0.25, -0.2) is 0 Å². The van der Waals surface area contributed by atoms with Gasteiger partial charge in [-0.15, -0.1) is 0 Å². The zero-order valence-corrected chi connectivity index (χ0v) is 10.0. The van der Waals surface area contributed by atoms with Crippen LogP contribution in [0.4, 0.5) is 0 Å². The number of hydrogen-bond acceptors (Lipinski definition) is 4. The maximum atomic E-state index is 5.55. The van der Waals surface area contributed by atoms with Gasteiger partial charge < -0.3 is 4.74 Å². The number of nitrogens with zero attached hydrogens (tertiary/aromatic N) is 4. The molecule has 1 unspecified atom stereocenters. The van der Waals surface area contributed by atoms with Crippen molar-refractivity contribution in [3.05, 3.63) is 35.1 Å². The van der Waals surface area contributed by atoms with Crippen LogP contribution in [-0.2, 0) is 4.74 Å². The second-order valence-electron chi connectivity index (χ2n) is 3.92. The van der Waals surface area contributed by atoms with Crippen molar-refractivity contribution in [3.8, 4) is 5.69 Å². The smallest absolute Gasteiger partial charge is 0.223 e. The highest BCUT2D eigenvalue weighted by Gasteiger charge is 2.20. The maximum Gasteiger partial charge on any atom is 0.223 e. The zero-order valence-electron chi connectivity index (χ0n) is 9.19. The Labute approximate surface area is 104 Å². The molecule has 1 saturated heterocycles. The van der Waals surface area contributed by atoms with Gasteiger partial charge in [0.2, 0.25) is 4.77 Å². The van der Waals surface area contributed by atoms with Crippen LogP contribution >= 0.6 is 12.2 Å². The Kier molecular flexibility index (Phi) is 2.74. The lowest BCUT2D eigenvalue weighted by Gasteiger charge is -2.07. The van der Waals surface area contributed by atoms with Gasteiger partial charge in [0.25, 0.3) is 0 Å². The van der Waals surface area contributed by atoms with E-state index in [1.54, 1.807) is 9.36 Å². The summed E-state index contributed by atoms with van der Waals surface area (Å²) in [7, 11) is 0. The first-order valence-electron chi connectivity index (χ1n) is 5.58. The van der Waals surface area contributed by atoms with Gasteiger partial charge in [-0.3, -0.25) is 0 Å². The van der Waals surface area contributed by atoms with Crippen LogP contribution in [0.3, 0.4) is 0 Å². The van der Waals surface area contributed by atoms with Crippen LogP contribution in [-0.4, -0.2) is 26.4 Å². The summed E-state index contributed by atoms with van der Waals surface area (Å²) in [6.45, 7) is 0.768. The molecule has 0 radical (unpaired) electrons. The first-order valence-corrected chi connectivity index (χ1v) is 5.98. The molecule has 2 aromatic rings. The average Bonchev–Trinajstić information content (AvgIpc) is 2.99. The molecule has 1 atom stereocenters. The summed E-state index contributed by atoms with van der Waals surface area (Å²) < 4.78 is 9.45. The summed E-state index contributed by atoms with van der Waals surface area (Å²) in [6.07, 6.45) is 1.94. The minimum atomic E-state index is -0.0556. The summed E-state index contributed by atoms with van der Waals surface area (Å²) in [5.74, 6) is 0. The third-order valence-corrected chi connectivity index (χ3v) is 3.14. The molecule has 5 nitrogen and oxygen atoms in total. The first kappa shape index (κ1) is 10.6. The van der Waals surface area contributed by atoms with Crippen molar-refractivity contribution in [2.45, 2.75) is 19.1 Å². The average molecular weight is 248 g/mol. The van der Waals surface area contributed by atoms with Crippen molar-refractivity contribution in [3.63, 3.8) is 0 Å². The third kappa shape index (κ3) is 1.89. The van der Waals surface area contributed by atoms with Crippen LogP contribution in [0, 0.1) is 4.77 Å². The number of benzene rings is 1. The molecule has 1 aromatic carbocycles. The Balaban J connectivity index is 2.01. The number of para-hydroxylation sites is 1. The Morgan fingerprint density at radius 3 is 2.76 bits per heavy atom. The number of hydrogen-bond donors (Lipinski definition) is 0. The van der Waals surface area contributed by atoms with Crippen molar-refractivity contribution < 1.29 is 4.74 Å². The normalized spacial score (nSPS) is 19.6. The summed E-state index contributed by atoms with van der Waals surface area (Å²) in [4.78, 5) is 0. The number of rotatable bonds is 2. The van der Waals surface area contributed by atoms with Gasteiger partial charge in [-0.05, 0) is 47.6 Å². The SMILES string of the molecule is S=c1n(-c2ccccc2)nnn1C1CCCO1. The molecule has 1 aromatic heterocycles. The predicted octanol–water partition coefficient (Wildman–Crippen LogP) is 2.11. The molecule has 88 valence electrons. The van der Waals surface area contributed by atoms with Crippen LogP contribution in [0.25, 0.3) is 5.69 Å². The van der Waals surface area contributed by atoms with Gasteiger partial charge in [-0.1, -0.05) is 18.2 Å². The molecule has 17 heavy (non-hydrogen) atoms. The van der Waals surface area contributed by atoms with E-state index in [4.69, 9.17) is 17.0 Å². The van der Waals surface area contributed by atoms with Crippen molar-refractivity contribution >= 4 is 12.2 Å². The summed E-state index contributed by atoms with van der Waals surface area (Å²) in [5.41, 5.74) is 0.918. The predicted molar refractivity (Wildman–Crippen MR) is 64.4 cm³/mol. The van der Waals surface area contributed by atoms with E-state index in [1.807, 2.05) is 30.3 Å². The van der Waals surface area contributed by atoms with Crippen molar-refractivity contribution in [1.29, 1.82) is 0 Å². The van der Waals surface area contributed by atoms with Crippen LogP contribution in [0.15, 0.2) is 30.3 Å².